The molecule has 0 bridgehead atoms. The third-order valence-corrected chi connectivity index (χ3v) is 3.23. The molecule has 1 heterocycles. The predicted octanol–water partition coefficient (Wildman–Crippen LogP) is 3.77. The smallest absolute Gasteiger partial charge is 0.129 e. The lowest BCUT2D eigenvalue weighted by atomic mass is 10.0. The third-order valence-electron chi connectivity index (χ3n) is 2.48. The normalized spacial score (nSPS) is 12.4. The summed E-state index contributed by atoms with van der Waals surface area (Å²) in [5, 5.41) is 10.5. The molecule has 0 aliphatic rings. The number of hydrogen-bond donors (Lipinski definition) is 1. The van der Waals surface area contributed by atoms with Crippen LogP contribution in [0, 0.1) is 0 Å². The van der Waals surface area contributed by atoms with Crippen LogP contribution in [0.15, 0.2) is 47.1 Å². The van der Waals surface area contributed by atoms with E-state index in [2.05, 4.69) is 20.9 Å². The van der Waals surface area contributed by atoms with Gasteiger partial charge in [0.15, 0.2) is 0 Å². The van der Waals surface area contributed by atoms with E-state index in [0.29, 0.717) is 11.6 Å². The van der Waals surface area contributed by atoms with Crippen molar-refractivity contribution in [3.05, 3.63) is 63.3 Å². The van der Waals surface area contributed by atoms with E-state index in [1.54, 1.807) is 18.3 Å². The Morgan fingerprint density at radius 1 is 1.18 bits per heavy atom. The Morgan fingerprint density at radius 3 is 2.47 bits per heavy atom. The highest BCUT2D eigenvalue weighted by atomic mass is 79.9. The fraction of sp³-hybridized carbons (Fsp3) is 0.154. The maximum absolute atomic E-state index is 10.0. The van der Waals surface area contributed by atoms with E-state index < -0.39 is 6.10 Å². The largest absolute Gasteiger partial charge is 0.388 e. The van der Waals surface area contributed by atoms with Gasteiger partial charge in [-0.2, -0.15) is 0 Å². The Balaban J connectivity index is 2.08. The highest BCUT2D eigenvalue weighted by Gasteiger charge is 2.08. The van der Waals surface area contributed by atoms with Crippen molar-refractivity contribution in [3.8, 4) is 0 Å². The first-order valence-electron chi connectivity index (χ1n) is 5.19. The number of aliphatic hydroxyl groups is 1. The average molecular weight is 313 g/mol. The summed E-state index contributed by atoms with van der Waals surface area (Å²) in [4.78, 5) is 3.95. The highest BCUT2D eigenvalue weighted by molar-refractivity contribution is 9.10. The Morgan fingerprint density at radius 2 is 1.88 bits per heavy atom. The zero-order valence-corrected chi connectivity index (χ0v) is 11.3. The van der Waals surface area contributed by atoms with Crippen molar-refractivity contribution in [2.45, 2.75) is 12.5 Å². The van der Waals surface area contributed by atoms with Gasteiger partial charge in [0.25, 0.3) is 0 Å². The number of aromatic nitrogens is 1. The summed E-state index contributed by atoms with van der Waals surface area (Å²) >= 11 is 9.07. The maximum Gasteiger partial charge on any atom is 0.129 e. The second-order valence-corrected chi connectivity index (χ2v) is 5.06. The zero-order chi connectivity index (χ0) is 12.3. The number of benzene rings is 1. The Labute approximate surface area is 113 Å². The van der Waals surface area contributed by atoms with Gasteiger partial charge in [0.1, 0.15) is 5.15 Å². The van der Waals surface area contributed by atoms with Gasteiger partial charge in [0.05, 0.1) is 6.10 Å². The minimum atomic E-state index is -0.555. The first-order chi connectivity index (χ1) is 8.15. The SMILES string of the molecule is OC(Cc1ccc(Br)cc1)c1ccc(Cl)nc1. The third kappa shape index (κ3) is 3.53. The molecule has 2 aromatic rings. The fourth-order valence-electron chi connectivity index (χ4n) is 1.55. The van der Waals surface area contributed by atoms with E-state index in [4.69, 9.17) is 11.6 Å². The van der Waals surface area contributed by atoms with Gasteiger partial charge in [0.2, 0.25) is 0 Å². The van der Waals surface area contributed by atoms with Crippen molar-refractivity contribution < 1.29 is 5.11 Å². The molecule has 0 fully saturated rings. The van der Waals surface area contributed by atoms with Crippen molar-refractivity contribution in [2.75, 3.05) is 0 Å². The minimum absolute atomic E-state index is 0.435. The molecule has 4 heteroatoms. The summed E-state index contributed by atoms with van der Waals surface area (Å²) in [6, 6.07) is 11.4. The first-order valence-corrected chi connectivity index (χ1v) is 6.36. The minimum Gasteiger partial charge on any atom is -0.388 e. The molecule has 0 saturated heterocycles. The second-order valence-electron chi connectivity index (χ2n) is 3.76. The molecule has 17 heavy (non-hydrogen) atoms. The first kappa shape index (κ1) is 12.6. The van der Waals surface area contributed by atoms with E-state index >= 15 is 0 Å². The second kappa shape index (κ2) is 5.63. The van der Waals surface area contributed by atoms with Crippen LogP contribution < -0.4 is 0 Å². The Kier molecular flexibility index (Phi) is 4.15. The number of aliphatic hydroxyl groups excluding tert-OH is 1. The summed E-state index contributed by atoms with van der Waals surface area (Å²) < 4.78 is 1.03. The van der Waals surface area contributed by atoms with Crippen LogP contribution in [0.2, 0.25) is 5.15 Å². The molecular formula is C13H11BrClNO. The molecule has 0 aliphatic heterocycles. The van der Waals surface area contributed by atoms with E-state index in [1.807, 2.05) is 24.3 Å². The molecule has 1 atom stereocenters. The summed E-state index contributed by atoms with van der Waals surface area (Å²) in [6.07, 6.45) is 1.61. The van der Waals surface area contributed by atoms with Crippen molar-refractivity contribution in [1.29, 1.82) is 0 Å². The molecule has 1 aromatic heterocycles. The van der Waals surface area contributed by atoms with Gasteiger partial charge in [-0.1, -0.05) is 45.7 Å². The molecule has 0 radical (unpaired) electrons. The number of nitrogens with zero attached hydrogens (tertiary/aromatic N) is 1. The Bertz CT molecular complexity index is 484. The molecule has 2 nitrogen and oxygen atoms in total. The van der Waals surface area contributed by atoms with E-state index in [9.17, 15) is 5.11 Å². The molecule has 2 rings (SSSR count). The number of rotatable bonds is 3. The fourth-order valence-corrected chi connectivity index (χ4v) is 1.92. The molecule has 1 aromatic carbocycles. The van der Waals surface area contributed by atoms with E-state index in [-0.39, 0.29) is 0 Å². The lowest BCUT2D eigenvalue weighted by Crippen LogP contribution is -2.02. The maximum atomic E-state index is 10.0. The van der Waals surface area contributed by atoms with Crippen LogP contribution in [0.5, 0.6) is 0 Å². The molecule has 0 aliphatic carbocycles. The quantitative estimate of drug-likeness (QED) is 0.875. The number of pyridine rings is 1. The number of hydrogen-bond acceptors (Lipinski definition) is 2. The van der Waals surface area contributed by atoms with Crippen molar-refractivity contribution in [2.24, 2.45) is 0 Å². The molecule has 88 valence electrons. The van der Waals surface area contributed by atoms with Crippen LogP contribution in [-0.4, -0.2) is 10.1 Å². The summed E-state index contributed by atoms with van der Waals surface area (Å²) in [5.74, 6) is 0. The Hall–Kier alpha value is -0.900. The summed E-state index contributed by atoms with van der Waals surface area (Å²) in [6.45, 7) is 0. The highest BCUT2D eigenvalue weighted by Crippen LogP contribution is 2.20. The predicted molar refractivity (Wildman–Crippen MR) is 72.1 cm³/mol. The van der Waals surface area contributed by atoms with Crippen LogP contribution >= 0.6 is 27.5 Å². The van der Waals surface area contributed by atoms with Gasteiger partial charge in [0, 0.05) is 17.1 Å². The summed E-state index contributed by atoms with van der Waals surface area (Å²) in [7, 11) is 0. The topological polar surface area (TPSA) is 33.1 Å². The van der Waals surface area contributed by atoms with Crippen molar-refractivity contribution in [3.63, 3.8) is 0 Å². The van der Waals surface area contributed by atoms with Gasteiger partial charge in [-0.05, 0) is 29.3 Å². The number of halogens is 2. The van der Waals surface area contributed by atoms with Gasteiger partial charge >= 0.3 is 0 Å². The van der Waals surface area contributed by atoms with Crippen LogP contribution in [0.3, 0.4) is 0 Å². The summed E-state index contributed by atoms with van der Waals surface area (Å²) in [5.41, 5.74) is 1.85. The van der Waals surface area contributed by atoms with Crippen LogP contribution in [0.1, 0.15) is 17.2 Å². The monoisotopic (exact) mass is 311 g/mol. The average Bonchev–Trinajstić information content (AvgIpc) is 2.33. The molecule has 0 spiro atoms. The zero-order valence-electron chi connectivity index (χ0n) is 8.98. The standard InChI is InChI=1S/C13H11BrClNO/c14-11-4-1-9(2-5-11)7-12(17)10-3-6-13(15)16-8-10/h1-6,8,12,17H,7H2. The lowest BCUT2D eigenvalue weighted by molar-refractivity contribution is 0.178. The van der Waals surface area contributed by atoms with Gasteiger partial charge in [-0.15, -0.1) is 0 Å². The van der Waals surface area contributed by atoms with Crippen molar-refractivity contribution >= 4 is 27.5 Å². The van der Waals surface area contributed by atoms with Crippen molar-refractivity contribution in [1.82, 2.24) is 4.98 Å². The van der Waals surface area contributed by atoms with E-state index in [0.717, 1.165) is 15.6 Å². The van der Waals surface area contributed by atoms with E-state index in [1.165, 1.54) is 0 Å². The molecule has 0 saturated carbocycles. The molecular weight excluding hydrogens is 302 g/mol. The molecule has 0 amide bonds. The van der Waals surface area contributed by atoms with Crippen LogP contribution in [0.4, 0.5) is 0 Å². The molecule has 1 unspecified atom stereocenters. The van der Waals surface area contributed by atoms with Gasteiger partial charge < -0.3 is 5.11 Å². The van der Waals surface area contributed by atoms with Crippen LogP contribution in [0.25, 0.3) is 0 Å². The lowest BCUT2D eigenvalue weighted by Gasteiger charge is -2.10. The van der Waals surface area contributed by atoms with Gasteiger partial charge in [-0.25, -0.2) is 4.98 Å². The molecule has 1 N–H and O–H groups in total. The van der Waals surface area contributed by atoms with Gasteiger partial charge in [-0.3, -0.25) is 0 Å². The van der Waals surface area contributed by atoms with Crippen LogP contribution in [-0.2, 0) is 6.42 Å².